The molecule has 0 amide bonds. The van der Waals surface area contributed by atoms with Gasteiger partial charge in [-0.05, 0) is 36.2 Å². The second kappa shape index (κ2) is 6.72. The maximum atomic E-state index is 10.4. The van der Waals surface area contributed by atoms with Crippen LogP contribution >= 0.6 is 12.6 Å². The van der Waals surface area contributed by atoms with Crippen molar-refractivity contribution in [3.63, 3.8) is 0 Å². The summed E-state index contributed by atoms with van der Waals surface area (Å²) < 4.78 is 1.88. The second-order valence-electron chi connectivity index (χ2n) is 6.04. The number of anilines is 1. The van der Waals surface area contributed by atoms with Gasteiger partial charge >= 0.3 is 0 Å². The van der Waals surface area contributed by atoms with Crippen molar-refractivity contribution in [2.75, 3.05) is 19.0 Å². The zero-order chi connectivity index (χ0) is 18.1. The molecule has 0 radical (unpaired) electrons. The van der Waals surface area contributed by atoms with Gasteiger partial charge in [0.2, 0.25) is 0 Å². The van der Waals surface area contributed by atoms with Crippen molar-refractivity contribution < 1.29 is 10.2 Å². The summed E-state index contributed by atoms with van der Waals surface area (Å²) >= 11 is 4.48. The van der Waals surface area contributed by atoms with Crippen LogP contribution < -0.4 is 4.90 Å². The fraction of sp³-hybridized carbons (Fsp3) is 0.211. The van der Waals surface area contributed by atoms with Crippen molar-refractivity contribution in [3.8, 4) is 28.4 Å². The first-order valence-corrected chi connectivity index (χ1v) is 8.46. The van der Waals surface area contributed by atoms with Gasteiger partial charge in [0.05, 0.1) is 17.6 Å². The summed E-state index contributed by atoms with van der Waals surface area (Å²) in [5, 5.41) is 20.8. The third-order valence-corrected chi connectivity index (χ3v) is 4.52. The number of hydrogen-bond donors (Lipinski definition) is 3. The van der Waals surface area contributed by atoms with Crippen LogP contribution in [-0.4, -0.2) is 33.9 Å². The highest BCUT2D eigenvalue weighted by Gasteiger charge is 2.17. The highest BCUT2D eigenvalue weighted by atomic mass is 32.1. The molecule has 3 rings (SSSR count). The molecule has 1 heterocycles. The molecule has 5 nitrogen and oxygen atoms in total. The van der Waals surface area contributed by atoms with E-state index in [4.69, 9.17) is 0 Å². The lowest BCUT2D eigenvalue weighted by Crippen LogP contribution is -2.09. The summed E-state index contributed by atoms with van der Waals surface area (Å²) in [5.41, 5.74) is 4.04. The van der Waals surface area contributed by atoms with E-state index in [1.54, 1.807) is 12.3 Å². The van der Waals surface area contributed by atoms with Crippen molar-refractivity contribution in [1.29, 1.82) is 0 Å². The summed E-state index contributed by atoms with van der Waals surface area (Å²) in [4.78, 5) is 6.32. The predicted octanol–water partition coefficient (Wildman–Crippen LogP) is 3.87. The van der Waals surface area contributed by atoms with Crippen LogP contribution in [0.15, 0.2) is 47.8 Å². The van der Waals surface area contributed by atoms with Crippen LogP contribution in [0.5, 0.6) is 11.5 Å². The van der Waals surface area contributed by atoms with Crippen molar-refractivity contribution >= 4 is 18.3 Å². The van der Waals surface area contributed by atoms with Crippen LogP contribution in [0.1, 0.15) is 12.5 Å². The minimum absolute atomic E-state index is 0.00736. The average Bonchev–Trinajstić information content (AvgIpc) is 2.96. The molecule has 130 valence electrons. The van der Waals surface area contributed by atoms with Gasteiger partial charge in [-0.1, -0.05) is 13.0 Å². The summed E-state index contributed by atoms with van der Waals surface area (Å²) in [5.74, 6) is 0.100. The Hall–Kier alpha value is -2.60. The molecule has 6 heteroatoms. The molecule has 25 heavy (non-hydrogen) atoms. The summed E-state index contributed by atoms with van der Waals surface area (Å²) in [6.07, 6.45) is 2.34. The molecular formula is C19H21N3O2S. The lowest BCUT2D eigenvalue weighted by atomic mass is 10.0. The standard InChI is InChI=1S/C19H21N3O2S/c1-4-12-8-15(18(24)10-17(12)23)16-11-20-19(25)22(16)14-7-5-6-13(9-14)21(2)3/h5-11,23-24H,4H2,1-3H3,(H,20,25). The van der Waals surface area contributed by atoms with Crippen LogP contribution in [0.3, 0.4) is 0 Å². The highest BCUT2D eigenvalue weighted by molar-refractivity contribution is 7.80. The minimum atomic E-state index is 0.00736. The molecule has 0 unspecified atom stereocenters. The van der Waals surface area contributed by atoms with Gasteiger partial charge < -0.3 is 15.1 Å². The van der Waals surface area contributed by atoms with Gasteiger partial charge in [-0.3, -0.25) is 4.57 Å². The fourth-order valence-electron chi connectivity index (χ4n) is 2.81. The summed E-state index contributed by atoms with van der Waals surface area (Å²) in [7, 11) is 3.96. The van der Waals surface area contributed by atoms with Gasteiger partial charge in [-0.2, -0.15) is 0 Å². The number of aryl methyl sites for hydroxylation is 1. The number of aromatic hydroxyl groups is 2. The van der Waals surface area contributed by atoms with Gasteiger partial charge in [0, 0.05) is 31.4 Å². The van der Waals surface area contributed by atoms with E-state index in [1.807, 2.05) is 54.8 Å². The number of rotatable bonds is 4. The maximum absolute atomic E-state index is 10.4. The molecule has 0 spiro atoms. The average molecular weight is 355 g/mol. The zero-order valence-electron chi connectivity index (χ0n) is 14.4. The monoisotopic (exact) mass is 355 g/mol. The van der Waals surface area contributed by atoms with E-state index in [2.05, 4.69) is 17.6 Å². The molecule has 0 aliphatic carbocycles. The van der Waals surface area contributed by atoms with Gasteiger partial charge in [-0.25, -0.2) is 4.98 Å². The zero-order valence-corrected chi connectivity index (χ0v) is 15.3. The van der Waals surface area contributed by atoms with Gasteiger partial charge in [-0.15, -0.1) is 12.6 Å². The first kappa shape index (κ1) is 17.2. The molecule has 1 aromatic heterocycles. The van der Waals surface area contributed by atoms with Gasteiger partial charge in [0.25, 0.3) is 0 Å². The Balaban J connectivity index is 2.20. The molecular weight excluding hydrogens is 334 g/mol. The largest absolute Gasteiger partial charge is 0.508 e. The molecule has 2 aromatic carbocycles. The van der Waals surface area contributed by atoms with E-state index < -0.39 is 0 Å². The van der Waals surface area contributed by atoms with Crippen LogP contribution in [0.4, 0.5) is 5.69 Å². The first-order chi connectivity index (χ1) is 11.9. The molecule has 0 saturated heterocycles. The highest BCUT2D eigenvalue weighted by Crippen LogP contribution is 2.37. The molecule has 3 aromatic rings. The lowest BCUT2D eigenvalue weighted by Gasteiger charge is -2.16. The number of nitrogens with zero attached hydrogens (tertiary/aromatic N) is 3. The van der Waals surface area contributed by atoms with Crippen LogP contribution in [0, 0.1) is 0 Å². The SMILES string of the molecule is CCc1cc(-c2cnc(S)n2-c2cccc(N(C)C)c2)c(O)cc1O. The first-order valence-electron chi connectivity index (χ1n) is 8.02. The predicted molar refractivity (Wildman–Crippen MR) is 103 cm³/mol. The minimum Gasteiger partial charge on any atom is -0.508 e. The van der Waals surface area contributed by atoms with E-state index in [0.717, 1.165) is 16.9 Å². The number of aromatic nitrogens is 2. The molecule has 2 N–H and O–H groups in total. The number of benzene rings is 2. The van der Waals surface area contributed by atoms with Crippen LogP contribution in [-0.2, 0) is 6.42 Å². The number of phenolic OH excluding ortho intramolecular Hbond substituents is 2. The number of phenols is 2. The topological polar surface area (TPSA) is 61.5 Å². The van der Waals surface area contributed by atoms with Crippen LogP contribution in [0.2, 0.25) is 0 Å². The number of imidazole rings is 1. The van der Waals surface area contributed by atoms with Gasteiger partial charge in [0.15, 0.2) is 5.16 Å². The lowest BCUT2D eigenvalue weighted by molar-refractivity contribution is 0.447. The molecule has 0 saturated carbocycles. The molecule has 0 fully saturated rings. The molecule has 0 atom stereocenters. The smallest absolute Gasteiger partial charge is 0.169 e. The van der Waals surface area contributed by atoms with Crippen LogP contribution in [0.25, 0.3) is 16.9 Å². The molecule has 0 bridgehead atoms. The number of hydrogen-bond acceptors (Lipinski definition) is 5. The van der Waals surface area contributed by atoms with E-state index in [9.17, 15) is 10.2 Å². The Labute approximate surface area is 152 Å². The third-order valence-electron chi connectivity index (χ3n) is 4.20. The van der Waals surface area contributed by atoms with E-state index in [1.165, 1.54) is 6.07 Å². The Bertz CT molecular complexity index is 919. The van der Waals surface area contributed by atoms with Gasteiger partial charge in [0.1, 0.15) is 11.5 Å². The number of thiol groups is 1. The van der Waals surface area contributed by atoms with Crippen molar-refractivity contribution in [2.24, 2.45) is 0 Å². The quantitative estimate of drug-likeness (QED) is 0.622. The Morgan fingerprint density at radius 3 is 2.56 bits per heavy atom. The third kappa shape index (κ3) is 3.17. The fourth-order valence-corrected chi connectivity index (χ4v) is 3.09. The molecule has 0 aliphatic heterocycles. The van der Waals surface area contributed by atoms with E-state index >= 15 is 0 Å². The second-order valence-corrected chi connectivity index (χ2v) is 6.44. The summed E-state index contributed by atoms with van der Waals surface area (Å²) in [6.45, 7) is 1.96. The molecule has 0 aliphatic rings. The Morgan fingerprint density at radius 2 is 1.88 bits per heavy atom. The van der Waals surface area contributed by atoms with E-state index in [0.29, 0.717) is 22.8 Å². The Morgan fingerprint density at radius 1 is 1.12 bits per heavy atom. The normalized spacial score (nSPS) is 10.9. The van der Waals surface area contributed by atoms with Crippen molar-refractivity contribution in [3.05, 3.63) is 48.2 Å². The van der Waals surface area contributed by atoms with E-state index in [-0.39, 0.29) is 11.5 Å². The maximum Gasteiger partial charge on any atom is 0.169 e. The van der Waals surface area contributed by atoms with Crippen molar-refractivity contribution in [1.82, 2.24) is 9.55 Å². The Kier molecular flexibility index (Phi) is 4.63. The van der Waals surface area contributed by atoms with Crippen molar-refractivity contribution in [2.45, 2.75) is 18.5 Å². The summed E-state index contributed by atoms with van der Waals surface area (Å²) in [6, 6.07) is 11.2.